The summed E-state index contributed by atoms with van der Waals surface area (Å²) in [6, 6.07) is 18.9. The molecule has 3 rings (SSSR count). The van der Waals surface area contributed by atoms with Gasteiger partial charge in [-0.25, -0.2) is 4.39 Å². The highest BCUT2D eigenvalue weighted by atomic mass is 32.2. The summed E-state index contributed by atoms with van der Waals surface area (Å²) in [6.07, 6.45) is 0. The summed E-state index contributed by atoms with van der Waals surface area (Å²) in [6.45, 7) is 0. The van der Waals surface area contributed by atoms with E-state index in [9.17, 15) is 4.39 Å². The summed E-state index contributed by atoms with van der Waals surface area (Å²) in [5, 5.41) is 9.83. The van der Waals surface area contributed by atoms with Crippen molar-refractivity contribution in [3.05, 3.63) is 72.0 Å². The van der Waals surface area contributed by atoms with Crippen molar-refractivity contribution in [2.75, 3.05) is 0 Å². The second-order valence-electron chi connectivity index (χ2n) is 4.64. The topological polar surface area (TPSA) is 49.9 Å². The number of benzene rings is 3. The van der Waals surface area contributed by atoms with Gasteiger partial charge in [0.05, 0.1) is 5.56 Å². The normalized spacial score (nSPS) is 10.7. The highest BCUT2D eigenvalue weighted by Crippen LogP contribution is 2.33. The zero-order valence-corrected chi connectivity index (χ0v) is 12.0. The number of rotatable bonds is 3. The molecule has 104 valence electrons. The number of nitrogens with two attached hydrogens (primary N) is 1. The monoisotopic (exact) mass is 296 g/mol. The minimum atomic E-state index is -0.465. The molecule has 0 heterocycles. The van der Waals surface area contributed by atoms with Gasteiger partial charge in [0.15, 0.2) is 0 Å². The number of nitrogens with one attached hydrogen (secondary N) is 1. The third-order valence-corrected chi connectivity index (χ3v) is 4.24. The van der Waals surface area contributed by atoms with Gasteiger partial charge in [0.25, 0.3) is 0 Å². The Morgan fingerprint density at radius 2 is 1.71 bits per heavy atom. The Bertz CT molecular complexity index is 830. The highest BCUT2D eigenvalue weighted by molar-refractivity contribution is 7.99. The van der Waals surface area contributed by atoms with E-state index in [0.29, 0.717) is 4.90 Å². The minimum absolute atomic E-state index is 0.163. The van der Waals surface area contributed by atoms with E-state index in [4.69, 9.17) is 11.1 Å². The standard InChI is InChI=1S/C17H13FN2S/c18-14-6-3-7-15(16(14)17(19)20)21-13-9-8-11-4-1-2-5-12(11)10-13/h1-10H,(H3,19,20). The van der Waals surface area contributed by atoms with Crippen LogP contribution in [0.3, 0.4) is 0 Å². The lowest BCUT2D eigenvalue weighted by Gasteiger charge is -2.09. The summed E-state index contributed by atoms with van der Waals surface area (Å²) in [5.74, 6) is -0.718. The molecule has 0 bridgehead atoms. The quantitative estimate of drug-likeness (QED) is 0.555. The Morgan fingerprint density at radius 3 is 2.48 bits per heavy atom. The first-order valence-corrected chi connectivity index (χ1v) is 7.26. The van der Waals surface area contributed by atoms with Crippen LogP contribution in [0.15, 0.2) is 70.5 Å². The van der Waals surface area contributed by atoms with Crippen molar-refractivity contribution in [3.8, 4) is 0 Å². The Hall–Kier alpha value is -2.33. The highest BCUT2D eigenvalue weighted by Gasteiger charge is 2.12. The number of amidine groups is 1. The fourth-order valence-corrected chi connectivity index (χ4v) is 3.24. The number of hydrogen-bond donors (Lipinski definition) is 2. The molecule has 0 aliphatic rings. The lowest BCUT2D eigenvalue weighted by atomic mass is 10.1. The third-order valence-electron chi connectivity index (χ3n) is 3.19. The van der Waals surface area contributed by atoms with Crippen LogP contribution in [0.2, 0.25) is 0 Å². The van der Waals surface area contributed by atoms with Crippen molar-refractivity contribution in [3.63, 3.8) is 0 Å². The van der Waals surface area contributed by atoms with Crippen molar-refractivity contribution >= 4 is 28.4 Å². The van der Waals surface area contributed by atoms with Crippen LogP contribution in [0, 0.1) is 11.2 Å². The summed E-state index contributed by atoms with van der Waals surface area (Å²) >= 11 is 1.41. The molecule has 21 heavy (non-hydrogen) atoms. The first-order valence-electron chi connectivity index (χ1n) is 6.45. The van der Waals surface area contributed by atoms with E-state index in [-0.39, 0.29) is 11.4 Å². The summed E-state index contributed by atoms with van der Waals surface area (Å²) < 4.78 is 13.8. The lowest BCUT2D eigenvalue weighted by molar-refractivity contribution is 0.621. The molecular weight excluding hydrogens is 283 g/mol. The predicted octanol–water partition coefficient (Wildman–Crippen LogP) is 4.41. The van der Waals surface area contributed by atoms with Gasteiger partial charge < -0.3 is 5.73 Å². The zero-order chi connectivity index (χ0) is 14.8. The second kappa shape index (κ2) is 5.58. The Morgan fingerprint density at radius 1 is 0.952 bits per heavy atom. The molecule has 3 N–H and O–H groups in total. The molecule has 3 aromatic carbocycles. The van der Waals surface area contributed by atoms with Crippen molar-refractivity contribution in [2.24, 2.45) is 5.73 Å². The Kier molecular flexibility index (Phi) is 3.62. The van der Waals surface area contributed by atoms with Crippen LogP contribution < -0.4 is 5.73 Å². The SMILES string of the molecule is N=C(N)c1c(F)cccc1Sc1ccc2ccccc2c1. The predicted molar refractivity (Wildman–Crippen MR) is 85.5 cm³/mol. The van der Waals surface area contributed by atoms with Crippen LogP contribution in [0.25, 0.3) is 10.8 Å². The van der Waals surface area contributed by atoms with Gasteiger partial charge in [-0.05, 0) is 35.0 Å². The Labute approximate surface area is 126 Å². The van der Waals surface area contributed by atoms with Gasteiger partial charge in [-0.15, -0.1) is 0 Å². The molecule has 0 fully saturated rings. The summed E-state index contributed by atoms with van der Waals surface area (Å²) in [4.78, 5) is 1.64. The van der Waals surface area contributed by atoms with E-state index in [0.717, 1.165) is 15.7 Å². The Balaban J connectivity index is 2.02. The fraction of sp³-hybridized carbons (Fsp3) is 0. The van der Waals surface area contributed by atoms with Crippen molar-refractivity contribution < 1.29 is 4.39 Å². The van der Waals surface area contributed by atoms with Gasteiger partial charge in [0, 0.05) is 9.79 Å². The molecule has 0 radical (unpaired) electrons. The summed E-state index contributed by atoms with van der Waals surface area (Å²) in [7, 11) is 0. The van der Waals surface area contributed by atoms with Gasteiger partial charge in [0.1, 0.15) is 11.7 Å². The second-order valence-corrected chi connectivity index (χ2v) is 5.75. The molecule has 0 aliphatic carbocycles. The van der Waals surface area contributed by atoms with E-state index >= 15 is 0 Å². The number of fused-ring (bicyclic) bond motifs is 1. The average molecular weight is 296 g/mol. The molecule has 0 atom stereocenters. The lowest BCUT2D eigenvalue weighted by Crippen LogP contribution is -2.14. The molecule has 2 nitrogen and oxygen atoms in total. The molecule has 0 saturated carbocycles. The van der Waals surface area contributed by atoms with Gasteiger partial charge in [-0.2, -0.15) is 0 Å². The number of nitrogen functional groups attached to an aromatic ring is 1. The van der Waals surface area contributed by atoms with Crippen LogP contribution in [-0.2, 0) is 0 Å². The molecule has 0 spiro atoms. The smallest absolute Gasteiger partial charge is 0.135 e. The van der Waals surface area contributed by atoms with E-state index in [1.807, 2.05) is 36.4 Å². The van der Waals surface area contributed by atoms with Gasteiger partial charge in [-0.1, -0.05) is 48.2 Å². The fourth-order valence-electron chi connectivity index (χ4n) is 2.21. The van der Waals surface area contributed by atoms with Gasteiger partial charge >= 0.3 is 0 Å². The van der Waals surface area contributed by atoms with Crippen LogP contribution in [0.4, 0.5) is 4.39 Å². The van der Waals surface area contributed by atoms with Crippen molar-refractivity contribution in [2.45, 2.75) is 9.79 Å². The van der Waals surface area contributed by atoms with E-state index in [1.54, 1.807) is 12.1 Å². The molecule has 0 amide bonds. The molecule has 0 saturated heterocycles. The first-order chi connectivity index (χ1) is 10.1. The van der Waals surface area contributed by atoms with E-state index < -0.39 is 5.82 Å². The summed E-state index contributed by atoms with van der Waals surface area (Å²) in [5.41, 5.74) is 5.65. The minimum Gasteiger partial charge on any atom is -0.384 e. The molecule has 3 aromatic rings. The van der Waals surface area contributed by atoms with Gasteiger partial charge in [-0.3, -0.25) is 5.41 Å². The first kappa shape index (κ1) is 13.6. The van der Waals surface area contributed by atoms with E-state index in [1.165, 1.54) is 17.8 Å². The van der Waals surface area contributed by atoms with Crippen LogP contribution in [0.1, 0.15) is 5.56 Å². The van der Waals surface area contributed by atoms with E-state index in [2.05, 4.69) is 6.07 Å². The molecular formula is C17H13FN2S. The van der Waals surface area contributed by atoms with Crippen LogP contribution in [-0.4, -0.2) is 5.84 Å². The van der Waals surface area contributed by atoms with Crippen molar-refractivity contribution in [1.29, 1.82) is 5.41 Å². The maximum absolute atomic E-state index is 13.8. The largest absolute Gasteiger partial charge is 0.384 e. The molecule has 0 aromatic heterocycles. The van der Waals surface area contributed by atoms with Crippen LogP contribution in [0.5, 0.6) is 0 Å². The third kappa shape index (κ3) is 2.76. The molecule has 0 aliphatic heterocycles. The van der Waals surface area contributed by atoms with Crippen molar-refractivity contribution in [1.82, 2.24) is 0 Å². The van der Waals surface area contributed by atoms with Gasteiger partial charge in [0.2, 0.25) is 0 Å². The average Bonchev–Trinajstić information content (AvgIpc) is 2.47. The maximum atomic E-state index is 13.8. The maximum Gasteiger partial charge on any atom is 0.135 e. The molecule has 4 heteroatoms. The number of hydrogen-bond acceptors (Lipinski definition) is 2. The van der Waals surface area contributed by atoms with Crippen LogP contribution >= 0.6 is 11.8 Å². The zero-order valence-electron chi connectivity index (χ0n) is 11.1. The molecule has 0 unspecified atom stereocenters. The number of halogens is 1.